The van der Waals surface area contributed by atoms with Crippen molar-refractivity contribution in [2.45, 2.75) is 11.3 Å². The molecule has 0 aliphatic heterocycles. The minimum atomic E-state index is -3.72. The fourth-order valence-electron chi connectivity index (χ4n) is 2.70. The fraction of sp³-hybridized carbons (Fsp3) is 0.136. The Labute approximate surface area is 170 Å². The first-order valence-electron chi connectivity index (χ1n) is 8.88. The molecule has 7 heteroatoms. The van der Waals surface area contributed by atoms with Crippen molar-refractivity contribution in [3.05, 3.63) is 84.4 Å². The van der Waals surface area contributed by atoms with Crippen molar-refractivity contribution in [1.29, 1.82) is 0 Å². The summed E-state index contributed by atoms with van der Waals surface area (Å²) >= 11 is 0. The highest BCUT2D eigenvalue weighted by molar-refractivity contribution is 7.92. The maximum absolute atomic E-state index is 12.8. The van der Waals surface area contributed by atoms with Crippen LogP contribution in [0.4, 0.5) is 5.69 Å². The number of sulfonamides is 1. The van der Waals surface area contributed by atoms with Crippen LogP contribution < -0.4 is 13.8 Å². The number of ether oxygens (including phenoxy) is 2. The Kier molecular flexibility index (Phi) is 6.19. The van der Waals surface area contributed by atoms with Crippen molar-refractivity contribution in [1.82, 2.24) is 0 Å². The van der Waals surface area contributed by atoms with E-state index in [4.69, 9.17) is 9.47 Å². The molecule has 0 saturated heterocycles. The van der Waals surface area contributed by atoms with Gasteiger partial charge in [0, 0.05) is 7.05 Å². The van der Waals surface area contributed by atoms with E-state index in [0.29, 0.717) is 17.2 Å². The lowest BCUT2D eigenvalue weighted by Gasteiger charge is -2.20. The lowest BCUT2D eigenvalue weighted by molar-refractivity contribution is -0.133. The minimum absolute atomic E-state index is 0.152. The molecule has 3 rings (SSSR count). The highest BCUT2D eigenvalue weighted by Gasteiger charge is 2.21. The average Bonchev–Trinajstić information content (AvgIpc) is 2.74. The molecule has 0 saturated carbocycles. The van der Waals surface area contributed by atoms with Gasteiger partial charge in [-0.05, 0) is 54.1 Å². The van der Waals surface area contributed by atoms with Gasteiger partial charge in [0.1, 0.15) is 11.5 Å². The molecular formula is C22H21NO5S. The van der Waals surface area contributed by atoms with Crippen molar-refractivity contribution in [3.8, 4) is 11.5 Å². The fourth-order valence-corrected chi connectivity index (χ4v) is 3.89. The van der Waals surface area contributed by atoms with Crippen LogP contribution in [0.15, 0.2) is 83.8 Å². The van der Waals surface area contributed by atoms with Crippen molar-refractivity contribution in [3.63, 3.8) is 0 Å². The molecule has 0 unspecified atom stereocenters. The summed E-state index contributed by atoms with van der Waals surface area (Å²) in [6.45, 7) is 0. The number of anilines is 1. The third kappa shape index (κ3) is 4.94. The summed E-state index contributed by atoms with van der Waals surface area (Å²) in [7, 11) is -0.738. The number of carbonyl (C=O) groups excluding carboxylic acids is 1. The van der Waals surface area contributed by atoms with Gasteiger partial charge in [-0.25, -0.2) is 8.42 Å². The predicted molar refractivity (Wildman–Crippen MR) is 111 cm³/mol. The Morgan fingerprint density at radius 3 is 2.03 bits per heavy atom. The summed E-state index contributed by atoms with van der Waals surface area (Å²) < 4.78 is 37.2. The van der Waals surface area contributed by atoms with Crippen molar-refractivity contribution in [2.24, 2.45) is 0 Å². The molecule has 0 aromatic heterocycles. The molecule has 0 radical (unpaired) electrons. The van der Waals surface area contributed by atoms with E-state index in [1.165, 1.54) is 30.6 Å². The maximum atomic E-state index is 12.8. The van der Waals surface area contributed by atoms with Gasteiger partial charge < -0.3 is 9.47 Å². The Morgan fingerprint density at radius 2 is 1.45 bits per heavy atom. The van der Waals surface area contributed by atoms with E-state index in [-0.39, 0.29) is 17.3 Å². The highest BCUT2D eigenvalue weighted by atomic mass is 32.2. The van der Waals surface area contributed by atoms with E-state index < -0.39 is 10.0 Å². The van der Waals surface area contributed by atoms with Crippen LogP contribution in [0.3, 0.4) is 0 Å². The van der Waals surface area contributed by atoms with Gasteiger partial charge in [-0.2, -0.15) is 0 Å². The lowest BCUT2D eigenvalue weighted by atomic mass is 10.2. The van der Waals surface area contributed by atoms with E-state index >= 15 is 0 Å². The van der Waals surface area contributed by atoms with E-state index in [1.807, 2.05) is 30.3 Å². The zero-order valence-corrected chi connectivity index (χ0v) is 16.9. The molecule has 0 bridgehead atoms. The summed E-state index contributed by atoms with van der Waals surface area (Å²) in [5.74, 6) is 0.543. The third-order valence-electron chi connectivity index (χ3n) is 4.34. The quantitative estimate of drug-likeness (QED) is 0.438. The minimum Gasteiger partial charge on any atom is -0.497 e. The van der Waals surface area contributed by atoms with Crippen molar-refractivity contribution in [2.75, 3.05) is 18.5 Å². The maximum Gasteiger partial charge on any atom is 0.315 e. The Bertz CT molecular complexity index is 1060. The van der Waals surface area contributed by atoms with Gasteiger partial charge in [-0.15, -0.1) is 0 Å². The molecule has 0 fully saturated rings. The molecule has 0 N–H and O–H groups in total. The molecule has 0 heterocycles. The van der Waals surface area contributed by atoms with Crippen LogP contribution in [-0.4, -0.2) is 28.5 Å². The monoisotopic (exact) mass is 411 g/mol. The molecule has 6 nitrogen and oxygen atoms in total. The first kappa shape index (κ1) is 20.4. The van der Waals surface area contributed by atoms with Gasteiger partial charge in [-0.1, -0.05) is 30.3 Å². The topological polar surface area (TPSA) is 72.9 Å². The largest absolute Gasteiger partial charge is 0.497 e. The second-order valence-electron chi connectivity index (χ2n) is 6.28. The molecule has 0 amide bonds. The summed E-state index contributed by atoms with van der Waals surface area (Å²) in [6.07, 6.45) is 0.161. The second kappa shape index (κ2) is 8.79. The molecule has 0 aliphatic carbocycles. The molecule has 0 atom stereocenters. The second-order valence-corrected chi connectivity index (χ2v) is 8.25. The molecule has 0 aliphatic rings. The predicted octanol–water partition coefficient (Wildman–Crippen LogP) is 3.67. The standard InChI is InChI=1S/C22H21NO5S/c1-23(29(25,26)21-14-12-19(27-2)13-15-21)18-8-10-20(11-9-18)28-22(24)16-17-6-4-3-5-7-17/h3-15H,16H2,1-2H3. The van der Waals surface area contributed by atoms with Crippen LogP contribution >= 0.6 is 0 Å². The number of carbonyl (C=O) groups is 1. The van der Waals surface area contributed by atoms with E-state index in [9.17, 15) is 13.2 Å². The van der Waals surface area contributed by atoms with E-state index in [2.05, 4.69) is 0 Å². The normalized spacial score (nSPS) is 11.0. The average molecular weight is 411 g/mol. The van der Waals surface area contributed by atoms with Crippen molar-refractivity contribution < 1.29 is 22.7 Å². The number of hydrogen-bond acceptors (Lipinski definition) is 5. The van der Waals surface area contributed by atoms with Crippen LogP contribution in [0.2, 0.25) is 0 Å². The molecule has 150 valence electrons. The van der Waals surface area contributed by atoms with Crippen LogP contribution in [0.5, 0.6) is 11.5 Å². The summed E-state index contributed by atoms with van der Waals surface area (Å²) in [6, 6.07) is 21.8. The zero-order valence-electron chi connectivity index (χ0n) is 16.1. The lowest BCUT2D eigenvalue weighted by Crippen LogP contribution is -2.26. The summed E-state index contributed by atoms with van der Waals surface area (Å²) in [5, 5.41) is 0. The molecule has 3 aromatic carbocycles. The third-order valence-corrected chi connectivity index (χ3v) is 6.14. The number of nitrogens with zero attached hydrogens (tertiary/aromatic N) is 1. The van der Waals surface area contributed by atoms with Gasteiger partial charge in [0.15, 0.2) is 0 Å². The Hall–Kier alpha value is -3.32. The van der Waals surface area contributed by atoms with Gasteiger partial charge in [0.25, 0.3) is 10.0 Å². The first-order valence-corrected chi connectivity index (χ1v) is 10.3. The number of rotatable bonds is 7. The van der Waals surface area contributed by atoms with Crippen LogP contribution in [0.25, 0.3) is 0 Å². The van der Waals surface area contributed by atoms with E-state index in [0.717, 1.165) is 5.56 Å². The molecular weight excluding hydrogens is 390 g/mol. The molecule has 29 heavy (non-hydrogen) atoms. The van der Waals surface area contributed by atoms with Crippen molar-refractivity contribution >= 4 is 21.7 Å². The summed E-state index contributed by atoms with van der Waals surface area (Å²) in [4.78, 5) is 12.2. The first-order chi connectivity index (χ1) is 13.9. The number of hydrogen-bond donors (Lipinski definition) is 0. The van der Waals surface area contributed by atoms with E-state index in [1.54, 1.807) is 36.4 Å². The Morgan fingerprint density at radius 1 is 0.862 bits per heavy atom. The van der Waals surface area contributed by atoms with Gasteiger partial charge in [-0.3, -0.25) is 9.10 Å². The zero-order chi connectivity index (χ0) is 20.9. The summed E-state index contributed by atoms with van der Waals surface area (Å²) in [5.41, 5.74) is 1.31. The number of methoxy groups -OCH3 is 1. The van der Waals surface area contributed by atoms with Crippen LogP contribution in [0, 0.1) is 0 Å². The highest BCUT2D eigenvalue weighted by Crippen LogP contribution is 2.25. The number of benzene rings is 3. The van der Waals surface area contributed by atoms with Crippen LogP contribution in [-0.2, 0) is 21.2 Å². The van der Waals surface area contributed by atoms with Gasteiger partial charge in [0.05, 0.1) is 24.1 Å². The van der Waals surface area contributed by atoms with Gasteiger partial charge in [0.2, 0.25) is 0 Å². The van der Waals surface area contributed by atoms with Crippen LogP contribution in [0.1, 0.15) is 5.56 Å². The Balaban J connectivity index is 1.69. The number of esters is 1. The van der Waals surface area contributed by atoms with Gasteiger partial charge >= 0.3 is 5.97 Å². The smallest absolute Gasteiger partial charge is 0.315 e. The molecule has 0 spiro atoms. The SMILES string of the molecule is COc1ccc(S(=O)(=O)N(C)c2ccc(OC(=O)Cc3ccccc3)cc2)cc1. The molecule has 3 aromatic rings.